The summed E-state index contributed by atoms with van der Waals surface area (Å²) in [6.07, 6.45) is 6.42. The van der Waals surface area contributed by atoms with E-state index in [4.69, 9.17) is 9.84 Å². The van der Waals surface area contributed by atoms with Gasteiger partial charge in [0.1, 0.15) is 5.75 Å². The number of aromatic amines is 1. The minimum absolute atomic E-state index is 0.208. The summed E-state index contributed by atoms with van der Waals surface area (Å²) >= 11 is 0. The zero-order valence-electron chi connectivity index (χ0n) is 19.5. The van der Waals surface area contributed by atoms with Crippen molar-refractivity contribution in [2.75, 3.05) is 33.4 Å². The Bertz CT molecular complexity index is 1010. The molecular weight excluding hydrogens is 398 g/mol. The second-order valence-corrected chi connectivity index (χ2v) is 8.78. The fourth-order valence-electron chi connectivity index (χ4n) is 5.10. The van der Waals surface area contributed by atoms with E-state index in [1.54, 1.807) is 14.0 Å². The van der Waals surface area contributed by atoms with Gasteiger partial charge in [0.15, 0.2) is 0 Å². The van der Waals surface area contributed by atoms with Crippen molar-refractivity contribution >= 4 is 10.9 Å². The van der Waals surface area contributed by atoms with Gasteiger partial charge in [-0.3, -0.25) is 4.90 Å². The first-order chi connectivity index (χ1) is 15.7. The van der Waals surface area contributed by atoms with Gasteiger partial charge in [-0.2, -0.15) is 0 Å². The van der Waals surface area contributed by atoms with E-state index >= 15 is 0 Å². The van der Waals surface area contributed by atoms with Crippen LogP contribution < -0.4 is 10.1 Å². The van der Waals surface area contributed by atoms with E-state index in [-0.39, 0.29) is 12.6 Å². The summed E-state index contributed by atoms with van der Waals surface area (Å²) in [5.41, 5.74) is 6.65. The number of para-hydroxylation sites is 1. The molecular formula is C27H37N3O2. The number of fused-ring (bicyclic) bond motifs is 3. The first kappa shape index (κ1) is 22.8. The number of hydrogen-bond donors (Lipinski definition) is 3. The molecule has 0 saturated carbocycles. The van der Waals surface area contributed by atoms with Crippen LogP contribution in [0.5, 0.6) is 5.75 Å². The molecule has 1 atom stereocenters. The first-order valence-electron chi connectivity index (χ1n) is 12.1. The molecule has 2 aliphatic rings. The lowest BCUT2D eigenvalue weighted by molar-refractivity contribution is 0.271. The van der Waals surface area contributed by atoms with E-state index in [1.165, 1.54) is 72.1 Å². The summed E-state index contributed by atoms with van der Waals surface area (Å²) < 4.78 is 5.72. The second-order valence-electron chi connectivity index (χ2n) is 8.78. The van der Waals surface area contributed by atoms with Crippen LogP contribution in [0.15, 0.2) is 42.5 Å². The highest BCUT2D eigenvalue weighted by Gasteiger charge is 2.26. The molecule has 2 aromatic carbocycles. The minimum atomic E-state index is 0.208. The Morgan fingerprint density at radius 3 is 2.56 bits per heavy atom. The summed E-state index contributed by atoms with van der Waals surface area (Å²) in [5.74, 6) is 1.01. The van der Waals surface area contributed by atoms with Gasteiger partial charge in [0.25, 0.3) is 0 Å². The quantitative estimate of drug-likeness (QED) is 0.552. The number of methoxy groups -OCH3 is 1. The molecule has 0 radical (unpaired) electrons. The van der Waals surface area contributed by atoms with Gasteiger partial charge in [-0.25, -0.2) is 0 Å². The van der Waals surface area contributed by atoms with Crippen molar-refractivity contribution in [1.82, 2.24) is 15.2 Å². The van der Waals surface area contributed by atoms with Gasteiger partial charge in [-0.15, -0.1) is 0 Å². The molecule has 0 aliphatic carbocycles. The van der Waals surface area contributed by atoms with E-state index in [9.17, 15) is 0 Å². The summed E-state index contributed by atoms with van der Waals surface area (Å²) in [6.45, 7) is 6.30. The van der Waals surface area contributed by atoms with Gasteiger partial charge >= 0.3 is 0 Å². The fourth-order valence-corrected chi connectivity index (χ4v) is 5.10. The number of benzene rings is 2. The predicted molar refractivity (Wildman–Crippen MR) is 131 cm³/mol. The van der Waals surface area contributed by atoms with Crippen molar-refractivity contribution in [3.63, 3.8) is 0 Å². The zero-order chi connectivity index (χ0) is 22.3. The lowest BCUT2D eigenvalue weighted by atomic mass is 9.93. The summed E-state index contributed by atoms with van der Waals surface area (Å²) in [7, 11) is 1.79. The SMILES string of the molecule is CCO.COc1ccc(C2NCCc3c2[nH]c2ccccc32)cc1CN1CCCCCC1. The van der Waals surface area contributed by atoms with Crippen molar-refractivity contribution in [3.05, 3.63) is 64.8 Å². The van der Waals surface area contributed by atoms with Crippen LogP contribution >= 0.6 is 0 Å². The average molecular weight is 436 g/mol. The summed E-state index contributed by atoms with van der Waals surface area (Å²) in [6, 6.07) is 15.6. The van der Waals surface area contributed by atoms with Crippen LogP contribution in [0.1, 0.15) is 61.0 Å². The number of nitrogens with zero attached hydrogens (tertiary/aromatic N) is 1. The number of H-pyrrole nitrogens is 1. The van der Waals surface area contributed by atoms with Crippen molar-refractivity contribution < 1.29 is 9.84 Å². The Kier molecular flexibility index (Phi) is 7.85. The van der Waals surface area contributed by atoms with Crippen molar-refractivity contribution in [2.24, 2.45) is 0 Å². The molecule has 0 bridgehead atoms. The monoisotopic (exact) mass is 435 g/mol. The zero-order valence-corrected chi connectivity index (χ0v) is 19.5. The van der Waals surface area contributed by atoms with E-state index in [1.807, 2.05) is 0 Å². The Morgan fingerprint density at radius 1 is 1.06 bits per heavy atom. The van der Waals surface area contributed by atoms with E-state index in [0.717, 1.165) is 25.3 Å². The molecule has 5 nitrogen and oxygen atoms in total. The minimum Gasteiger partial charge on any atom is -0.496 e. The van der Waals surface area contributed by atoms with Gasteiger partial charge in [-0.1, -0.05) is 37.1 Å². The van der Waals surface area contributed by atoms with Crippen LogP contribution in [0.25, 0.3) is 10.9 Å². The third-order valence-electron chi connectivity index (χ3n) is 6.59. The molecule has 1 fully saturated rings. The van der Waals surface area contributed by atoms with E-state index < -0.39 is 0 Å². The molecule has 32 heavy (non-hydrogen) atoms. The third-order valence-corrected chi connectivity index (χ3v) is 6.59. The Morgan fingerprint density at radius 2 is 1.81 bits per heavy atom. The highest BCUT2D eigenvalue weighted by molar-refractivity contribution is 5.85. The van der Waals surface area contributed by atoms with E-state index in [0.29, 0.717) is 0 Å². The molecule has 172 valence electrons. The van der Waals surface area contributed by atoms with Crippen LogP contribution in [0.4, 0.5) is 0 Å². The Balaban J connectivity index is 0.000000775. The number of aliphatic hydroxyl groups is 1. The Labute approximate surface area is 191 Å². The van der Waals surface area contributed by atoms with Crippen LogP contribution in [0.3, 0.4) is 0 Å². The molecule has 3 N–H and O–H groups in total. The largest absolute Gasteiger partial charge is 0.496 e. The predicted octanol–water partition coefficient (Wildman–Crippen LogP) is 4.79. The van der Waals surface area contributed by atoms with Gasteiger partial charge < -0.3 is 20.1 Å². The second kappa shape index (κ2) is 11.0. The van der Waals surface area contributed by atoms with Gasteiger partial charge in [0, 0.05) is 41.9 Å². The lowest BCUT2D eigenvalue weighted by Gasteiger charge is -2.27. The number of aliphatic hydroxyl groups excluding tert-OH is 1. The molecule has 2 aliphatic heterocycles. The first-order valence-corrected chi connectivity index (χ1v) is 12.1. The topological polar surface area (TPSA) is 60.5 Å². The maximum absolute atomic E-state index is 7.57. The number of ether oxygens (including phenoxy) is 1. The van der Waals surface area contributed by atoms with Gasteiger partial charge in [-0.05, 0) is 68.6 Å². The maximum Gasteiger partial charge on any atom is 0.123 e. The average Bonchev–Trinajstić information content (AvgIpc) is 3.01. The summed E-state index contributed by atoms with van der Waals surface area (Å²) in [5, 5.41) is 12.7. The number of likely N-dealkylation sites (tertiary alicyclic amines) is 1. The normalized spacial score (nSPS) is 19.0. The van der Waals surface area contributed by atoms with Crippen LogP contribution in [-0.2, 0) is 13.0 Å². The fraction of sp³-hybridized carbons (Fsp3) is 0.481. The molecule has 1 unspecified atom stereocenters. The van der Waals surface area contributed by atoms with Crippen molar-refractivity contribution in [3.8, 4) is 5.75 Å². The van der Waals surface area contributed by atoms with Gasteiger partial charge in [0.05, 0.1) is 13.2 Å². The highest BCUT2D eigenvalue weighted by Crippen LogP contribution is 2.35. The molecule has 0 spiro atoms. The van der Waals surface area contributed by atoms with Crippen LogP contribution in [0, 0.1) is 0 Å². The number of aromatic nitrogens is 1. The Hall–Kier alpha value is -2.34. The summed E-state index contributed by atoms with van der Waals surface area (Å²) in [4.78, 5) is 6.29. The molecule has 1 aromatic heterocycles. The standard InChI is InChI=1S/C25H31N3O.C2H6O/c1-29-23-11-10-18(16-19(23)17-28-14-6-2-3-7-15-28)24-25-21(12-13-26-24)20-8-4-5-9-22(20)27-25;1-2-3/h4-5,8-11,16,24,26-27H,2-3,6-7,12-15,17H2,1H3;3H,2H2,1H3. The molecule has 1 saturated heterocycles. The van der Waals surface area contributed by atoms with Crippen molar-refractivity contribution in [2.45, 2.75) is 51.6 Å². The smallest absolute Gasteiger partial charge is 0.123 e. The third kappa shape index (κ3) is 5.01. The van der Waals surface area contributed by atoms with Crippen LogP contribution in [-0.4, -0.2) is 48.3 Å². The van der Waals surface area contributed by atoms with Crippen LogP contribution in [0.2, 0.25) is 0 Å². The number of hydrogen-bond acceptors (Lipinski definition) is 4. The molecule has 3 heterocycles. The molecule has 3 aromatic rings. The maximum atomic E-state index is 7.57. The molecule has 0 amide bonds. The highest BCUT2D eigenvalue weighted by atomic mass is 16.5. The lowest BCUT2D eigenvalue weighted by Crippen LogP contribution is -2.30. The van der Waals surface area contributed by atoms with Crippen molar-refractivity contribution in [1.29, 1.82) is 0 Å². The van der Waals surface area contributed by atoms with E-state index in [2.05, 4.69) is 57.7 Å². The number of nitrogens with one attached hydrogen (secondary N) is 2. The molecule has 5 heteroatoms. The number of rotatable bonds is 4. The molecule has 5 rings (SSSR count). The van der Waals surface area contributed by atoms with Gasteiger partial charge in [0.2, 0.25) is 0 Å².